The van der Waals surface area contributed by atoms with Gasteiger partial charge in [-0.1, -0.05) is 6.07 Å². The second-order valence-electron chi connectivity index (χ2n) is 3.40. The number of benzene rings is 1. The van der Waals surface area contributed by atoms with Crippen LogP contribution in [0.1, 0.15) is 23.2 Å². The second kappa shape index (κ2) is 5.95. The minimum atomic E-state index is -4.12. The average Bonchev–Trinajstić information content (AvgIpc) is 2.23. The van der Waals surface area contributed by atoms with Crippen molar-refractivity contribution in [2.45, 2.75) is 23.9 Å². The van der Waals surface area contributed by atoms with Crippen LogP contribution in [0.4, 0.5) is 13.2 Å². The highest BCUT2D eigenvalue weighted by Crippen LogP contribution is 2.25. The first-order chi connectivity index (χ1) is 7.88. The van der Waals surface area contributed by atoms with Gasteiger partial charge in [-0.15, -0.1) is 11.8 Å². The summed E-state index contributed by atoms with van der Waals surface area (Å²) in [6.45, 7) is 0. The molecule has 0 amide bonds. The van der Waals surface area contributed by atoms with Crippen LogP contribution in [0, 0.1) is 0 Å². The Balaban J connectivity index is 2.42. The predicted molar refractivity (Wildman–Crippen MR) is 59.4 cm³/mol. The predicted octanol–water partition coefficient (Wildman–Crippen LogP) is 3.82. The van der Waals surface area contributed by atoms with Crippen molar-refractivity contribution in [3.63, 3.8) is 0 Å². The highest BCUT2D eigenvalue weighted by atomic mass is 32.2. The Morgan fingerprint density at radius 2 is 2.06 bits per heavy atom. The van der Waals surface area contributed by atoms with Crippen LogP contribution in [0.2, 0.25) is 0 Å². The van der Waals surface area contributed by atoms with Crippen LogP contribution in [-0.4, -0.2) is 23.0 Å². The molecular formula is C11H11F3O2S. The Morgan fingerprint density at radius 1 is 1.35 bits per heavy atom. The van der Waals surface area contributed by atoms with Crippen LogP contribution in [0.25, 0.3) is 0 Å². The lowest BCUT2D eigenvalue weighted by Crippen LogP contribution is -2.06. The molecule has 0 saturated heterocycles. The molecule has 0 aliphatic carbocycles. The van der Waals surface area contributed by atoms with E-state index in [1.807, 2.05) is 0 Å². The quantitative estimate of drug-likeness (QED) is 0.649. The zero-order valence-electron chi connectivity index (χ0n) is 8.83. The van der Waals surface area contributed by atoms with Gasteiger partial charge in [-0.3, -0.25) is 0 Å². The van der Waals surface area contributed by atoms with Gasteiger partial charge >= 0.3 is 12.1 Å². The fourth-order valence-electron chi connectivity index (χ4n) is 1.18. The van der Waals surface area contributed by atoms with Gasteiger partial charge in [-0.05, 0) is 30.4 Å². The lowest BCUT2D eigenvalue weighted by atomic mass is 10.2. The summed E-state index contributed by atoms with van der Waals surface area (Å²) >= 11 is 1.23. The first-order valence-electron chi connectivity index (χ1n) is 4.91. The molecule has 0 saturated carbocycles. The van der Waals surface area contributed by atoms with Gasteiger partial charge in [0.15, 0.2) is 0 Å². The van der Waals surface area contributed by atoms with Gasteiger partial charge in [-0.2, -0.15) is 13.2 Å². The normalized spacial score (nSPS) is 11.5. The van der Waals surface area contributed by atoms with Gasteiger partial charge in [0, 0.05) is 11.3 Å². The molecular weight excluding hydrogens is 253 g/mol. The van der Waals surface area contributed by atoms with Crippen LogP contribution < -0.4 is 0 Å². The van der Waals surface area contributed by atoms with Crippen LogP contribution >= 0.6 is 11.8 Å². The zero-order valence-corrected chi connectivity index (χ0v) is 9.64. The van der Waals surface area contributed by atoms with Crippen molar-refractivity contribution in [2.75, 3.05) is 5.75 Å². The van der Waals surface area contributed by atoms with Crippen molar-refractivity contribution in [1.29, 1.82) is 0 Å². The van der Waals surface area contributed by atoms with Crippen LogP contribution in [0.15, 0.2) is 29.2 Å². The number of aromatic carboxylic acids is 1. The second-order valence-corrected chi connectivity index (χ2v) is 4.57. The summed E-state index contributed by atoms with van der Waals surface area (Å²) in [7, 11) is 0. The van der Waals surface area contributed by atoms with Gasteiger partial charge in [-0.25, -0.2) is 4.79 Å². The molecule has 17 heavy (non-hydrogen) atoms. The molecule has 2 nitrogen and oxygen atoms in total. The summed E-state index contributed by atoms with van der Waals surface area (Å²) in [5.74, 6) is -0.717. The van der Waals surface area contributed by atoms with Crippen molar-refractivity contribution < 1.29 is 23.1 Å². The monoisotopic (exact) mass is 264 g/mol. The summed E-state index contributed by atoms with van der Waals surface area (Å²) in [6.07, 6.45) is -4.90. The minimum Gasteiger partial charge on any atom is -0.478 e. The number of carboxylic acids is 1. The Labute approximate surface area is 101 Å². The summed E-state index contributed by atoms with van der Waals surface area (Å²) in [4.78, 5) is 11.3. The highest BCUT2D eigenvalue weighted by Gasteiger charge is 2.25. The maximum atomic E-state index is 11.9. The minimum absolute atomic E-state index is 0.0332. The fourth-order valence-corrected chi connectivity index (χ4v) is 2.09. The number of alkyl halides is 3. The Morgan fingerprint density at radius 3 is 2.65 bits per heavy atom. The van der Waals surface area contributed by atoms with Crippen LogP contribution in [0.3, 0.4) is 0 Å². The topological polar surface area (TPSA) is 37.3 Å². The van der Waals surface area contributed by atoms with E-state index >= 15 is 0 Å². The summed E-state index contributed by atoms with van der Waals surface area (Å²) in [5, 5.41) is 8.73. The lowest BCUT2D eigenvalue weighted by molar-refractivity contribution is -0.134. The molecule has 0 atom stereocenters. The van der Waals surface area contributed by atoms with Crippen molar-refractivity contribution >= 4 is 17.7 Å². The first-order valence-corrected chi connectivity index (χ1v) is 5.90. The average molecular weight is 264 g/mol. The molecule has 0 spiro atoms. The van der Waals surface area contributed by atoms with Crippen LogP contribution in [-0.2, 0) is 0 Å². The van der Waals surface area contributed by atoms with Gasteiger partial charge < -0.3 is 5.11 Å². The summed E-state index contributed by atoms with van der Waals surface area (Å²) < 4.78 is 35.6. The van der Waals surface area contributed by atoms with E-state index < -0.39 is 18.6 Å². The SMILES string of the molecule is O=C(O)c1cccc(SCCCC(F)(F)F)c1. The highest BCUT2D eigenvalue weighted by molar-refractivity contribution is 7.99. The van der Waals surface area contributed by atoms with Gasteiger partial charge in [0.1, 0.15) is 0 Å². The maximum absolute atomic E-state index is 11.9. The van der Waals surface area contributed by atoms with E-state index in [4.69, 9.17) is 5.11 Å². The molecule has 1 rings (SSSR count). The molecule has 0 aliphatic heterocycles. The first kappa shape index (κ1) is 13.9. The van der Waals surface area contributed by atoms with Gasteiger partial charge in [0.25, 0.3) is 0 Å². The smallest absolute Gasteiger partial charge is 0.389 e. The fraction of sp³-hybridized carbons (Fsp3) is 0.364. The Bertz CT molecular complexity index is 391. The van der Waals surface area contributed by atoms with Gasteiger partial charge in [0.2, 0.25) is 0 Å². The Hall–Kier alpha value is -1.17. The maximum Gasteiger partial charge on any atom is 0.389 e. The lowest BCUT2D eigenvalue weighted by Gasteiger charge is -2.06. The molecule has 1 N–H and O–H groups in total. The standard InChI is InChI=1S/C11H11F3O2S/c12-11(13,14)5-2-6-17-9-4-1-3-8(7-9)10(15)16/h1,3-4,7H,2,5-6H2,(H,15,16). The summed E-state index contributed by atoms with van der Waals surface area (Å²) in [6, 6.07) is 6.17. The molecule has 0 heterocycles. The number of hydrogen-bond acceptors (Lipinski definition) is 2. The Kier molecular flexibility index (Phi) is 4.86. The van der Waals surface area contributed by atoms with E-state index in [0.717, 1.165) is 0 Å². The third kappa shape index (κ3) is 5.63. The van der Waals surface area contributed by atoms with E-state index in [-0.39, 0.29) is 12.0 Å². The molecule has 0 radical (unpaired) electrons. The number of thioether (sulfide) groups is 1. The van der Waals surface area contributed by atoms with Crippen molar-refractivity contribution in [2.24, 2.45) is 0 Å². The van der Waals surface area contributed by atoms with Crippen molar-refractivity contribution in [3.05, 3.63) is 29.8 Å². The molecule has 0 aromatic heterocycles. The number of halogens is 3. The third-order valence-electron chi connectivity index (χ3n) is 1.95. The molecule has 0 fully saturated rings. The van der Waals surface area contributed by atoms with E-state index in [1.54, 1.807) is 12.1 Å². The zero-order chi connectivity index (χ0) is 12.9. The third-order valence-corrected chi connectivity index (χ3v) is 3.03. The van der Waals surface area contributed by atoms with Gasteiger partial charge in [0.05, 0.1) is 5.56 Å². The van der Waals surface area contributed by atoms with Crippen molar-refractivity contribution in [3.8, 4) is 0 Å². The van der Waals surface area contributed by atoms with E-state index in [2.05, 4.69) is 0 Å². The number of carbonyl (C=O) groups is 1. The molecule has 0 bridgehead atoms. The largest absolute Gasteiger partial charge is 0.478 e. The number of carboxylic acid groups (broad SMARTS) is 1. The molecule has 0 aliphatic rings. The molecule has 1 aromatic carbocycles. The molecule has 0 unspecified atom stereocenters. The van der Waals surface area contributed by atoms with E-state index in [1.165, 1.54) is 23.9 Å². The molecule has 94 valence electrons. The number of rotatable bonds is 5. The number of hydrogen-bond donors (Lipinski definition) is 1. The van der Waals surface area contributed by atoms with E-state index in [9.17, 15) is 18.0 Å². The van der Waals surface area contributed by atoms with E-state index in [0.29, 0.717) is 10.6 Å². The van der Waals surface area contributed by atoms with Crippen molar-refractivity contribution in [1.82, 2.24) is 0 Å². The molecule has 6 heteroatoms. The molecule has 1 aromatic rings. The van der Waals surface area contributed by atoms with Crippen LogP contribution in [0.5, 0.6) is 0 Å². The summed E-state index contributed by atoms with van der Waals surface area (Å²) in [5.41, 5.74) is 0.144.